The van der Waals surface area contributed by atoms with Gasteiger partial charge in [-0.1, -0.05) is 23.4 Å². The summed E-state index contributed by atoms with van der Waals surface area (Å²) in [6.07, 6.45) is 1.61. The van der Waals surface area contributed by atoms with E-state index in [2.05, 4.69) is 10.1 Å². The molecule has 0 saturated carbocycles. The minimum atomic E-state index is -0.405. The lowest BCUT2D eigenvalue weighted by Gasteiger charge is -2.17. The third kappa shape index (κ3) is 4.13. The van der Waals surface area contributed by atoms with E-state index in [1.807, 2.05) is 31.2 Å². The van der Waals surface area contributed by atoms with Crippen molar-refractivity contribution in [1.82, 2.24) is 10.1 Å². The van der Waals surface area contributed by atoms with E-state index in [0.717, 1.165) is 23.3 Å². The van der Waals surface area contributed by atoms with E-state index < -0.39 is 5.82 Å². The average molecular weight is 395 g/mol. The van der Waals surface area contributed by atoms with E-state index in [4.69, 9.17) is 9.26 Å². The molecule has 4 rings (SSSR count). The highest BCUT2D eigenvalue weighted by Gasteiger charge is 2.35. The van der Waals surface area contributed by atoms with Gasteiger partial charge in [-0.15, -0.1) is 0 Å². The number of methoxy groups -OCH3 is 1. The van der Waals surface area contributed by atoms with Crippen molar-refractivity contribution >= 4 is 11.6 Å². The second-order valence-electron chi connectivity index (χ2n) is 7.25. The molecule has 1 amide bonds. The van der Waals surface area contributed by atoms with Crippen LogP contribution in [-0.4, -0.2) is 29.7 Å². The Morgan fingerprint density at radius 2 is 2.00 bits per heavy atom. The van der Waals surface area contributed by atoms with Gasteiger partial charge in [-0.25, -0.2) is 4.39 Å². The number of carbonyl (C=O) groups excluding carboxylic acids is 1. The molecule has 0 radical (unpaired) electrons. The van der Waals surface area contributed by atoms with Gasteiger partial charge in [0.05, 0.1) is 12.8 Å². The highest BCUT2D eigenvalue weighted by molar-refractivity contribution is 5.96. The predicted octanol–water partition coefficient (Wildman–Crippen LogP) is 3.83. The minimum Gasteiger partial charge on any atom is -0.497 e. The number of anilines is 1. The second-order valence-corrected chi connectivity index (χ2v) is 7.25. The molecule has 2 aromatic carbocycles. The molecule has 2 heterocycles. The van der Waals surface area contributed by atoms with Crippen molar-refractivity contribution in [3.63, 3.8) is 0 Å². The van der Waals surface area contributed by atoms with Crippen molar-refractivity contribution in [2.75, 3.05) is 18.6 Å². The van der Waals surface area contributed by atoms with Crippen LogP contribution in [0.25, 0.3) is 0 Å². The second kappa shape index (κ2) is 8.03. The van der Waals surface area contributed by atoms with Gasteiger partial charge in [0.15, 0.2) is 5.82 Å². The summed E-state index contributed by atoms with van der Waals surface area (Å²) in [6, 6.07) is 12.6. The average Bonchev–Trinajstić information content (AvgIpc) is 3.35. The molecule has 1 saturated heterocycles. The van der Waals surface area contributed by atoms with Crippen LogP contribution in [-0.2, 0) is 17.6 Å². The van der Waals surface area contributed by atoms with E-state index in [1.54, 1.807) is 19.2 Å². The van der Waals surface area contributed by atoms with Crippen LogP contribution in [0.5, 0.6) is 5.75 Å². The lowest BCUT2D eigenvalue weighted by atomic mass is 10.1. The van der Waals surface area contributed by atoms with E-state index >= 15 is 0 Å². The van der Waals surface area contributed by atoms with Crippen LogP contribution < -0.4 is 9.64 Å². The number of benzene rings is 2. The number of hydrogen-bond acceptors (Lipinski definition) is 5. The van der Waals surface area contributed by atoms with Gasteiger partial charge in [-0.05, 0) is 48.7 Å². The highest BCUT2D eigenvalue weighted by Crippen LogP contribution is 2.32. The van der Waals surface area contributed by atoms with Gasteiger partial charge in [-0.3, -0.25) is 4.79 Å². The standard InChI is InChI=1S/C22H22FN3O3/c1-14-3-9-18(23)19(11-14)26-13-16(12-21(26)27)22-24-20(29-25-22)10-6-15-4-7-17(28-2)8-5-15/h3-5,7-9,11,16H,6,10,12-13H2,1-2H3. The van der Waals surface area contributed by atoms with Crippen LogP contribution in [0.4, 0.5) is 10.1 Å². The monoisotopic (exact) mass is 395 g/mol. The molecule has 6 nitrogen and oxygen atoms in total. The Hall–Kier alpha value is -3.22. The number of halogens is 1. The summed E-state index contributed by atoms with van der Waals surface area (Å²) in [5.74, 6) is 1.10. The number of rotatable bonds is 6. The number of ether oxygens (including phenoxy) is 1. The van der Waals surface area contributed by atoms with Crippen LogP contribution in [0.15, 0.2) is 47.0 Å². The first kappa shape index (κ1) is 19.1. The Labute approximate surface area is 168 Å². The van der Waals surface area contributed by atoms with Gasteiger partial charge >= 0.3 is 0 Å². The molecule has 1 aliphatic rings. The number of aryl methyl sites for hydroxylation is 3. The first-order valence-corrected chi connectivity index (χ1v) is 9.55. The number of carbonyl (C=O) groups is 1. The summed E-state index contributed by atoms with van der Waals surface area (Å²) < 4.78 is 24.7. The van der Waals surface area contributed by atoms with E-state index in [9.17, 15) is 9.18 Å². The number of nitrogens with zero attached hydrogens (tertiary/aromatic N) is 3. The SMILES string of the molecule is COc1ccc(CCc2nc(C3CC(=O)N(c4cc(C)ccc4F)C3)no2)cc1. The van der Waals surface area contributed by atoms with Crippen molar-refractivity contribution in [2.45, 2.75) is 32.1 Å². The molecule has 1 aliphatic heterocycles. The Morgan fingerprint density at radius 1 is 1.21 bits per heavy atom. The molecule has 1 atom stereocenters. The number of aromatic nitrogens is 2. The molecular formula is C22H22FN3O3. The van der Waals surface area contributed by atoms with Gasteiger partial charge in [0.1, 0.15) is 11.6 Å². The lowest BCUT2D eigenvalue weighted by molar-refractivity contribution is -0.117. The van der Waals surface area contributed by atoms with Crippen molar-refractivity contribution in [3.05, 3.63) is 71.1 Å². The van der Waals surface area contributed by atoms with Crippen LogP contribution in [0.2, 0.25) is 0 Å². The predicted molar refractivity (Wildman–Crippen MR) is 106 cm³/mol. The Bertz CT molecular complexity index is 1020. The topological polar surface area (TPSA) is 68.5 Å². The van der Waals surface area contributed by atoms with E-state index in [0.29, 0.717) is 30.4 Å². The Morgan fingerprint density at radius 3 is 2.76 bits per heavy atom. The van der Waals surface area contributed by atoms with Crippen LogP contribution in [0.1, 0.15) is 35.2 Å². The molecule has 7 heteroatoms. The van der Waals surface area contributed by atoms with Gasteiger partial charge in [0.25, 0.3) is 0 Å². The van der Waals surface area contributed by atoms with Gasteiger partial charge in [0.2, 0.25) is 11.8 Å². The summed E-state index contributed by atoms with van der Waals surface area (Å²) in [5.41, 5.74) is 2.35. The zero-order chi connectivity index (χ0) is 20.4. The van der Waals surface area contributed by atoms with Crippen molar-refractivity contribution in [3.8, 4) is 5.75 Å². The number of hydrogen-bond donors (Lipinski definition) is 0. The third-order valence-electron chi connectivity index (χ3n) is 5.15. The van der Waals surface area contributed by atoms with Crippen molar-refractivity contribution in [1.29, 1.82) is 0 Å². The smallest absolute Gasteiger partial charge is 0.227 e. The zero-order valence-electron chi connectivity index (χ0n) is 16.4. The normalized spacial score (nSPS) is 16.4. The molecule has 1 aromatic heterocycles. The van der Waals surface area contributed by atoms with E-state index in [-0.39, 0.29) is 18.2 Å². The van der Waals surface area contributed by atoms with Crippen LogP contribution >= 0.6 is 0 Å². The minimum absolute atomic E-state index is 0.135. The lowest BCUT2D eigenvalue weighted by Crippen LogP contribution is -2.25. The van der Waals surface area contributed by atoms with Crippen molar-refractivity contribution < 1.29 is 18.4 Å². The Kier molecular flexibility index (Phi) is 5.29. The van der Waals surface area contributed by atoms with Gasteiger partial charge in [-0.2, -0.15) is 4.98 Å². The molecule has 29 heavy (non-hydrogen) atoms. The maximum Gasteiger partial charge on any atom is 0.227 e. The first-order chi connectivity index (χ1) is 14.0. The molecular weight excluding hydrogens is 373 g/mol. The molecule has 0 spiro atoms. The van der Waals surface area contributed by atoms with Crippen molar-refractivity contribution in [2.24, 2.45) is 0 Å². The molecule has 0 aliphatic carbocycles. The molecule has 0 N–H and O–H groups in total. The maximum atomic E-state index is 14.2. The molecule has 3 aromatic rings. The maximum absolute atomic E-state index is 14.2. The largest absolute Gasteiger partial charge is 0.497 e. The molecule has 1 fully saturated rings. The van der Waals surface area contributed by atoms with Crippen LogP contribution in [0, 0.1) is 12.7 Å². The number of amides is 1. The zero-order valence-corrected chi connectivity index (χ0v) is 16.4. The fourth-order valence-corrected chi connectivity index (χ4v) is 3.52. The summed E-state index contributed by atoms with van der Waals surface area (Å²) >= 11 is 0. The summed E-state index contributed by atoms with van der Waals surface area (Å²) in [7, 11) is 1.64. The molecule has 150 valence electrons. The summed E-state index contributed by atoms with van der Waals surface area (Å²) in [5, 5.41) is 4.06. The summed E-state index contributed by atoms with van der Waals surface area (Å²) in [6.45, 7) is 2.21. The van der Waals surface area contributed by atoms with Gasteiger partial charge < -0.3 is 14.2 Å². The van der Waals surface area contributed by atoms with Crippen LogP contribution in [0.3, 0.4) is 0 Å². The molecule has 1 unspecified atom stereocenters. The van der Waals surface area contributed by atoms with Gasteiger partial charge in [0, 0.05) is 25.3 Å². The third-order valence-corrected chi connectivity index (χ3v) is 5.15. The quantitative estimate of drug-likeness (QED) is 0.635. The Balaban J connectivity index is 1.41. The van der Waals surface area contributed by atoms with E-state index in [1.165, 1.54) is 11.0 Å². The highest BCUT2D eigenvalue weighted by atomic mass is 19.1. The fraction of sp³-hybridized carbons (Fsp3) is 0.318. The first-order valence-electron chi connectivity index (χ1n) is 9.55. The molecule has 0 bridgehead atoms. The fourth-order valence-electron chi connectivity index (χ4n) is 3.52. The summed E-state index contributed by atoms with van der Waals surface area (Å²) in [4.78, 5) is 18.4.